The zero-order valence-corrected chi connectivity index (χ0v) is 13.4. The maximum Gasteiger partial charge on any atom is 0.540 e. The third-order valence-corrected chi connectivity index (χ3v) is 6.01. The van der Waals surface area contributed by atoms with E-state index in [4.69, 9.17) is 13.3 Å². The number of rotatable bonds is 8. The second-order valence-electron chi connectivity index (χ2n) is 4.34. The summed E-state index contributed by atoms with van der Waals surface area (Å²) in [5, 5.41) is 23.4. The maximum absolute atomic E-state index is 10.2. The minimum Gasteiger partial charge on any atom is -0.504 e. The number of phenols is 2. The number of aromatic hydroxyl groups is 2. The van der Waals surface area contributed by atoms with Crippen LogP contribution in [-0.2, 0) is 19.7 Å². The van der Waals surface area contributed by atoms with Crippen molar-refractivity contribution in [2.75, 3.05) is 34.9 Å². The molecule has 3 N–H and O–H groups in total. The van der Waals surface area contributed by atoms with Crippen molar-refractivity contribution in [2.24, 2.45) is 0 Å². The van der Waals surface area contributed by atoms with Gasteiger partial charge in [-0.15, -0.1) is 0 Å². The molecule has 0 unspecified atom stereocenters. The fourth-order valence-corrected chi connectivity index (χ4v) is 4.32. The monoisotopic (exact) mass is 301 g/mol. The molecule has 0 atom stereocenters. The first kappa shape index (κ1) is 16.9. The molecule has 0 spiro atoms. The molecule has 1 aromatic rings. The van der Waals surface area contributed by atoms with Gasteiger partial charge in [0.1, 0.15) is 0 Å². The third kappa shape index (κ3) is 3.31. The lowest BCUT2D eigenvalue weighted by Gasteiger charge is -2.27. The molecule has 0 aliphatic rings. The molecule has 0 aliphatic carbocycles. The molecule has 6 nitrogen and oxygen atoms in total. The summed E-state index contributed by atoms with van der Waals surface area (Å²) in [6.07, 6.45) is 1.60. The lowest BCUT2D eigenvalue weighted by atomic mass is 10.1. The number of nitrogens with one attached hydrogen (secondary N) is 1. The van der Waals surface area contributed by atoms with E-state index in [1.54, 1.807) is 6.07 Å². The van der Waals surface area contributed by atoms with E-state index < -0.39 is 8.80 Å². The van der Waals surface area contributed by atoms with Crippen LogP contribution >= 0.6 is 0 Å². The van der Waals surface area contributed by atoms with E-state index in [1.807, 2.05) is 7.05 Å². The van der Waals surface area contributed by atoms with Crippen LogP contribution in [0.4, 0.5) is 0 Å². The van der Waals surface area contributed by atoms with E-state index >= 15 is 0 Å². The van der Waals surface area contributed by atoms with Gasteiger partial charge in [-0.3, -0.25) is 0 Å². The van der Waals surface area contributed by atoms with Gasteiger partial charge < -0.3 is 28.8 Å². The fourth-order valence-electron chi connectivity index (χ4n) is 2.18. The summed E-state index contributed by atoms with van der Waals surface area (Å²) in [6, 6.07) is 3.23. The van der Waals surface area contributed by atoms with E-state index in [2.05, 4.69) is 5.32 Å². The molecule has 0 fully saturated rings. The number of phenolic OH excluding ortho intramolecular Hbond substituents is 2. The van der Waals surface area contributed by atoms with Gasteiger partial charge in [-0.05, 0) is 38.1 Å². The Labute approximate surface area is 120 Å². The maximum atomic E-state index is 10.2. The summed E-state index contributed by atoms with van der Waals surface area (Å²) < 4.78 is 16.2. The van der Waals surface area contributed by atoms with Crippen LogP contribution in [0.5, 0.6) is 11.5 Å². The minimum atomic E-state index is -3.20. The van der Waals surface area contributed by atoms with Crippen molar-refractivity contribution in [1.82, 2.24) is 5.32 Å². The van der Waals surface area contributed by atoms with Crippen LogP contribution < -0.4 is 10.5 Å². The second-order valence-corrected chi connectivity index (χ2v) is 7.18. The first-order valence-electron chi connectivity index (χ1n) is 6.40. The van der Waals surface area contributed by atoms with Crippen LogP contribution in [0.15, 0.2) is 12.1 Å². The van der Waals surface area contributed by atoms with Crippen LogP contribution in [0.25, 0.3) is 0 Å². The smallest absolute Gasteiger partial charge is 0.504 e. The zero-order chi connectivity index (χ0) is 15.2. The van der Waals surface area contributed by atoms with Gasteiger partial charge in [0.25, 0.3) is 0 Å². The van der Waals surface area contributed by atoms with Crippen LogP contribution in [0.3, 0.4) is 0 Å². The Balaban J connectivity index is 3.28. The van der Waals surface area contributed by atoms with Crippen LogP contribution in [0.2, 0.25) is 0 Å². The lowest BCUT2D eigenvalue weighted by molar-refractivity contribution is 0.139. The van der Waals surface area contributed by atoms with Crippen molar-refractivity contribution in [3.8, 4) is 11.5 Å². The van der Waals surface area contributed by atoms with Crippen molar-refractivity contribution in [3.63, 3.8) is 0 Å². The fraction of sp³-hybridized carbons (Fsp3) is 0.538. The summed E-state index contributed by atoms with van der Waals surface area (Å²) in [6.45, 7) is 0.850. The third-order valence-electron chi connectivity index (χ3n) is 3.23. The Kier molecular flexibility index (Phi) is 6.44. The van der Waals surface area contributed by atoms with E-state index in [1.165, 1.54) is 27.4 Å². The zero-order valence-electron chi connectivity index (χ0n) is 12.4. The molecule has 0 amide bonds. The van der Waals surface area contributed by atoms with Crippen LogP contribution in [0, 0.1) is 0 Å². The molecule has 0 radical (unpaired) electrons. The molecule has 0 aromatic heterocycles. The number of aryl methyl sites for hydroxylation is 1. The molecule has 0 bridgehead atoms. The standard InChI is InChI=1S/C13H23NO5Si/c1-14-9-5-6-10-7-8-11(15)12(16)13(10)20(17-2,18-3)19-4/h7-8,14-16H,5-6,9H2,1-4H3. The van der Waals surface area contributed by atoms with Gasteiger partial charge in [0.15, 0.2) is 11.5 Å². The number of hydrogen-bond donors (Lipinski definition) is 3. The summed E-state index contributed by atoms with van der Waals surface area (Å²) in [4.78, 5) is 0. The van der Waals surface area contributed by atoms with Crippen molar-refractivity contribution >= 4 is 14.0 Å². The SMILES string of the molecule is CNCCCc1ccc(O)c(O)c1[Si](OC)(OC)OC. The average molecular weight is 301 g/mol. The van der Waals surface area contributed by atoms with Gasteiger partial charge in [0, 0.05) is 21.3 Å². The Hall–Kier alpha value is -1.12. The van der Waals surface area contributed by atoms with E-state index in [9.17, 15) is 10.2 Å². The van der Waals surface area contributed by atoms with Crippen molar-refractivity contribution in [2.45, 2.75) is 12.8 Å². The van der Waals surface area contributed by atoms with Gasteiger partial charge in [-0.2, -0.15) is 0 Å². The summed E-state index contributed by atoms with van der Waals surface area (Å²) >= 11 is 0. The van der Waals surface area contributed by atoms with Crippen LogP contribution in [0.1, 0.15) is 12.0 Å². The Morgan fingerprint density at radius 1 is 1.10 bits per heavy atom. The largest absolute Gasteiger partial charge is 0.540 e. The predicted octanol–water partition coefficient (Wildman–Crippen LogP) is 0.335. The first-order chi connectivity index (χ1) is 9.56. The van der Waals surface area contributed by atoms with Gasteiger partial charge in [0.2, 0.25) is 0 Å². The highest BCUT2D eigenvalue weighted by atomic mass is 28.4. The quantitative estimate of drug-likeness (QED) is 0.365. The van der Waals surface area contributed by atoms with Gasteiger partial charge in [-0.1, -0.05) is 6.07 Å². The van der Waals surface area contributed by atoms with Crippen molar-refractivity contribution in [1.29, 1.82) is 0 Å². The molecule has 0 saturated heterocycles. The molecular formula is C13H23NO5Si. The highest BCUT2D eigenvalue weighted by Crippen LogP contribution is 2.28. The predicted molar refractivity (Wildman–Crippen MR) is 78.4 cm³/mol. The van der Waals surface area contributed by atoms with E-state index in [-0.39, 0.29) is 11.5 Å². The number of hydrogen-bond acceptors (Lipinski definition) is 6. The molecule has 0 aliphatic heterocycles. The summed E-state index contributed by atoms with van der Waals surface area (Å²) in [5.41, 5.74) is 0.854. The highest BCUT2D eigenvalue weighted by molar-refractivity contribution is 6.76. The Bertz CT molecular complexity index is 429. The lowest BCUT2D eigenvalue weighted by Crippen LogP contribution is -2.56. The molecule has 0 saturated carbocycles. The van der Waals surface area contributed by atoms with E-state index in [0.29, 0.717) is 5.19 Å². The molecule has 20 heavy (non-hydrogen) atoms. The Morgan fingerprint density at radius 3 is 2.20 bits per heavy atom. The van der Waals surface area contributed by atoms with Crippen LogP contribution in [-0.4, -0.2) is 53.9 Å². The van der Waals surface area contributed by atoms with Gasteiger partial charge in [0.05, 0.1) is 5.19 Å². The average Bonchev–Trinajstić information content (AvgIpc) is 2.47. The normalized spacial score (nSPS) is 11.8. The summed E-state index contributed by atoms with van der Waals surface area (Å²) in [7, 11) is 3.09. The molecule has 1 rings (SSSR count). The number of benzene rings is 1. The summed E-state index contributed by atoms with van der Waals surface area (Å²) in [5.74, 6) is -0.440. The highest BCUT2D eigenvalue weighted by Gasteiger charge is 2.45. The molecule has 1 aromatic carbocycles. The topological polar surface area (TPSA) is 80.2 Å². The second kappa shape index (κ2) is 7.60. The Morgan fingerprint density at radius 2 is 1.70 bits per heavy atom. The molecule has 0 heterocycles. The molecule has 7 heteroatoms. The van der Waals surface area contributed by atoms with Gasteiger partial charge >= 0.3 is 8.80 Å². The molecular weight excluding hydrogens is 278 g/mol. The van der Waals surface area contributed by atoms with Gasteiger partial charge in [-0.25, -0.2) is 0 Å². The first-order valence-corrected chi connectivity index (χ1v) is 8.13. The minimum absolute atomic E-state index is 0.208. The molecule has 114 valence electrons. The van der Waals surface area contributed by atoms with E-state index in [0.717, 1.165) is 24.9 Å². The van der Waals surface area contributed by atoms with Crippen molar-refractivity contribution in [3.05, 3.63) is 17.7 Å². The van der Waals surface area contributed by atoms with Crippen molar-refractivity contribution < 1.29 is 23.5 Å².